The van der Waals surface area contributed by atoms with Crippen LogP contribution in [0.2, 0.25) is 0 Å². The van der Waals surface area contributed by atoms with Gasteiger partial charge in [-0.05, 0) is 84.6 Å². The van der Waals surface area contributed by atoms with Crippen LogP contribution < -0.4 is 0 Å². The predicted octanol–water partition coefficient (Wildman–Crippen LogP) is 8.66. The summed E-state index contributed by atoms with van der Waals surface area (Å²) in [6.45, 7) is 23.6. The molecule has 0 spiro atoms. The minimum absolute atomic E-state index is 0.151. The molecule has 300 valence electrons. The van der Waals surface area contributed by atoms with Crippen LogP contribution in [0.25, 0.3) is 0 Å². The van der Waals surface area contributed by atoms with E-state index in [4.69, 9.17) is 20.4 Å². The SMILES string of the molecule is C=C(C)C(=O)O.C=C(C)C(=O)O.C=CC(=O)O.C=CC(=O)O.CC(C)(c1ccc(O)cc1)c1ccc(O)cc1.CC(C)(c1ccc(O)cc1)c1ccc(O)cc1. The number of aliphatic carboxylic acids is 4. The molecule has 0 fully saturated rings. The van der Waals surface area contributed by atoms with Crippen LogP contribution in [0.3, 0.4) is 0 Å². The lowest BCUT2D eigenvalue weighted by Gasteiger charge is -2.26. The summed E-state index contributed by atoms with van der Waals surface area (Å²) in [6.07, 6.45) is 1.67. The molecule has 8 N–H and O–H groups in total. The Labute approximate surface area is 327 Å². The zero-order valence-electron chi connectivity index (χ0n) is 32.4. The fraction of sp³-hybridized carbons (Fsp3) is 0.182. The van der Waals surface area contributed by atoms with E-state index in [2.05, 4.69) is 54.0 Å². The standard InChI is InChI=1S/2C15H16O2.2C4H6O2.2C3H4O2/c2*1-15(2,11-3-7-13(16)8-4-11)12-5-9-14(17)10-6-12;2*1-3(2)4(5)6;2*1-2-3(4)5/h2*3-10,16-17H,1-2H3;2*1H2,2H3,(H,5,6);2*2H,1H2,(H,4,5). The average molecular weight is 773 g/mol. The summed E-state index contributed by atoms with van der Waals surface area (Å²) in [5.74, 6) is -2.74. The van der Waals surface area contributed by atoms with E-state index < -0.39 is 23.9 Å². The van der Waals surface area contributed by atoms with Gasteiger partial charge in [-0.25, -0.2) is 19.2 Å². The molecule has 0 aliphatic heterocycles. The number of carboxylic acids is 4. The Kier molecular flexibility index (Phi) is 22.8. The van der Waals surface area contributed by atoms with Gasteiger partial charge >= 0.3 is 23.9 Å². The molecule has 0 amide bonds. The van der Waals surface area contributed by atoms with Crippen molar-refractivity contribution in [1.82, 2.24) is 0 Å². The van der Waals surface area contributed by atoms with E-state index in [1.165, 1.54) is 13.8 Å². The molecule has 0 saturated heterocycles. The van der Waals surface area contributed by atoms with Gasteiger partial charge in [0.25, 0.3) is 0 Å². The Morgan fingerprint density at radius 3 is 0.643 bits per heavy atom. The Morgan fingerprint density at radius 2 is 0.554 bits per heavy atom. The zero-order chi connectivity index (χ0) is 43.8. The summed E-state index contributed by atoms with van der Waals surface area (Å²) in [4.78, 5) is 37.7. The van der Waals surface area contributed by atoms with Crippen LogP contribution in [0.15, 0.2) is 147 Å². The topological polar surface area (TPSA) is 230 Å². The number of rotatable bonds is 8. The lowest BCUT2D eigenvalue weighted by molar-refractivity contribution is -0.133. The second-order valence-corrected chi connectivity index (χ2v) is 12.7. The Hall–Kier alpha value is -7.08. The second-order valence-electron chi connectivity index (χ2n) is 12.7. The van der Waals surface area contributed by atoms with Crippen molar-refractivity contribution in [1.29, 1.82) is 0 Å². The van der Waals surface area contributed by atoms with Gasteiger partial charge in [-0.15, -0.1) is 0 Å². The lowest BCUT2D eigenvalue weighted by atomic mass is 9.78. The largest absolute Gasteiger partial charge is 0.508 e. The molecule has 0 aromatic heterocycles. The first kappa shape index (κ1) is 51.0. The highest BCUT2D eigenvalue weighted by atomic mass is 16.4. The summed E-state index contributed by atoms with van der Waals surface area (Å²) in [5, 5.41) is 68.2. The van der Waals surface area contributed by atoms with Gasteiger partial charge in [-0.1, -0.05) is 103 Å². The quantitative estimate of drug-likeness (QED) is 0.0787. The third-order valence-electron chi connectivity index (χ3n) is 7.44. The number of phenolic OH excluding ortho intramolecular Hbond substituents is 4. The van der Waals surface area contributed by atoms with Crippen molar-refractivity contribution in [2.24, 2.45) is 0 Å². The highest BCUT2D eigenvalue weighted by molar-refractivity contribution is 5.85. The first-order chi connectivity index (χ1) is 25.8. The van der Waals surface area contributed by atoms with Gasteiger partial charge in [0.2, 0.25) is 0 Å². The number of carboxylic acid groups (broad SMARTS) is 4. The van der Waals surface area contributed by atoms with Gasteiger partial charge in [-0.3, -0.25) is 0 Å². The van der Waals surface area contributed by atoms with Gasteiger partial charge in [0.15, 0.2) is 0 Å². The van der Waals surface area contributed by atoms with E-state index in [-0.39, 0.29) is 45.0 Å². The molecule has 0 bridgehead atoms. The molecule has 12 nitrogen and oxygen atoms in total. The van der Waals surface area contributed by atoms with Gasteiger partial charge in [0.1, 0.15) is 23.0 Å². The van der Waals surface area contributed by atoms with Crippen molar-refractivity contribution in [2.45, 2.75) is 52.4 Å². The number of phenols is 4. The summed E-state index contributed by atoms with van der Waals surface area (Å²) in [7, 11) is 0. The van der Waals surface area contributed by atoms with E-state index in [1.807, 2.05) is 48.5 Å². The highest BCUT2D eigenvalue weighted by Gasteiger charge is 2.23. The smallest absolute Gasteiger partial charge is 0.330 e. The van der Waals surface area contributed by atoms with Crippen molar-refractivity contribution >= 4 is 23.9 Å². The summed E-state index contributed by atoms with van der Waals surface area (Å²) < 4.78 is 0. The molecule has 12 heteroatoms. The monoisotopic (exact) mass is 772 g/mol. The molecule has 0 aliphatic carbocycles. The normalized spacial score (nSPS) is 9.68. The van der Waals surface area contributed by atoms with Crippen molar-refractivity contribution in [2.75, 3.05) is 0 Å². The summed E-state index contributed by atoms with van der Waals surface area (Å²) in [5.41, 5.74) is 4.55. The number of aromatic hydroxyl groups is 4. The number of benzene rings is 4. The number of hydrogen-bond donors (Lipinski definition) is 8. The molecule has 4 rings (SSSR count). The van der Waals surface area contributed by atoms with Gasteiger partial charge in [0.05, 0.1) is 0 Å². The highest BCUT2D eigenvalue weighted by Crippen LogP contribution is 2.34. The van der Waals surface area contributed by atoms with Crippen LogP contribution in [0.5, 0.6) is 23.0 Å². The maximum atomic E-state index is 9.60. The van der Waals surface area contributed by atoms with Crippen LogP contribution in [-0.4, -0.2) is 64.7 Å². The maximum Gasteiger partial charge on any atom is 0.330 e. The van der Waals surface area contributed by atoms with Gasteiger partial charge in [0, 0.05) is 34.1 Å². The van der Waals surface area contributed by atoms with Crippen LogP contribution >= 0.6 is 0 Å². The lowest BCUT2D eigenvalue weighted by Crippen LogP contribution is -2.18. The van der Waals surface area contributed by atoms with E-state index >= 15 is 0 Å². The Bertz CT molecular complexity index is 1630. The van der Waals surface area contributed by atoms with E-state index in [0.29, 0.717) is 0 Å². The Balaban J connectivity index is 0. The molecule has 0 aliphatic rings. The minimum atomic E-state index is -0.981. The number of hydrogen-bond acceptors (Lipinski definition) is 8. The summed E-state index contributed by atoms with van der Waals surface area (Å²) in [6, 6.07) is 28.9. The van der Waals surface area contributed by atoms with Gasteiger partial charge < -0.3 is 40.9 Å². The molecule has 56 heavy (non-hydrogen) atoms. The van der Waals surface area contributed by atoms with Crippen molar-refractivity contribution in [3.8, 4) is 23.0 Å². The molecule has 0 saturated carbocycles. The summed E-state index contributed by atoms with van der Waals surface area (Å²) >= 11 is 0. The first-order valence-electron chi connectivity index (χ1n) is 16.5. The number of carbonyl (C=O) groups is 4. The molecule has 0 atom stereocenters. The molecule has 4 aromatic carbocycles. The first-order valence-corrected chi connectivity index (χ1v) is 16.5. The van der Waals surface area contributed by atoms with Crippen LogP contribution in [0.1, 0.15) is 63.8 Å². The average Bonchev–Trinajstić information content (AvgIpc) is 3.13. The maximum absolute atomic E-state index is 9.60. The van der Waals surface area contributed by atoms with Crippen LogP contribution in [0.4, 0.5) is 0 Å². The molecular formula is C44H52O12. The molecule has 0 radical (unpaired) electrons. The van der Waals surface area contributed by atoms with Gasteiger partial charge in [-0.2, -0.15) is 0 Å². The fourth-order valence-corrected chi connectivity index (χ4v) is 3.85. The Morgan fingerprint density at radius 1 is 0.429 bits per heavy atom. The van der Waals surface area contributed by atoms with E-state index in [0.717, 1.165) is 34.4 Å². The third-order valence-corrected chi connectivity index (χ3v) is 7.44. The van der Waals surface area contributed by atoms with Crippen molar-refractivity contribution in [3.63, 3.8) is 0 Å². The molecule has 4 aromatic rings. The molecule has 0 unspecified atom stereocenters. The minimum Gasteiger partial charge on any atom is -0.508 e. The molecule has 0 heterocycles. The molecular weight excluding hydrogens is 720 g/mol. The van der Waals surface area contributed by atoms with E-state index in [9.17, 15) is 39.6 Å². The van der Waals surface area contributed by atoms with Crippen LogP contribution in [0, 0.1) is 0 Å². The van der Waals surface area contributed by atoms with Crippen molar-refractivity contribution in [3.05, 3.63) is 169 Å². The van der Waals surface area contributed by atoms with Crippen LogP contribution in [-0.2, 0) is 30.0 Å². The third kappa shape index (κ3) is 20.8. The zero-order valence-corrected chi connectivity index (χ0v) is 32.4. The van der Waals surface area contributed by atoms with E-state index in [1.54, 1.807) is 48.5 Å². The van der Waals surface area contributed by atoms with Crippen molar-refractivity contribution < 1.29 is 60.0 Å². The fourth-order valence-electron chi connectivity index (χ4n) is 3.85. The second kappa shape index (κ2) is 25.0. The predicted molar refractivity (Wildman–Crippen MR) is 217 cm³/mol.